The predicted molar refractivity (Wildman–Crippen MR) is 128 cm³/mol. The Bertz CT molecular complexity index is 1210. The van der Waals surface area contributed by atoms with Crippen molar-refractivity contribution in [3.8, 4) is 0 Å². The summed E-state index contributed by atoms with van der Waals surface area (Å²) < 4.78 is 5.34. The van der Waals surface area contributed by atoms with Crippen molar-refractivity contribution in [3.05, 3.63) is 101 Å². The molecule has 0 saturated carbocycles. The Hall–Kier alpha value is -3.73. The average Bonchev–Trinajstić information content (AvgIpc) is 3.14. The van der Waals surface area contributed by atoms with E-state index in [-0.39, 0.29) is 23.7 Å². The highest BCUT2D eigenvalue weighted by molar-refractivity contribution is 6.23. The number of hydrogen-bond donors (Lipinski definition) is 0. The van der Waals surface area contributed by atoms with Gasteiger partial charge in [-0.25, -0.2) is 9.69 Å². The van der Waals surface area contributed by atoms with E-state index in [1.54, 1.807) is 24.3 Å². The fourth-order valence-electron chi connectivity index (χ4n) is 6.10. The van der Waals surface area contributed by atoms with Gasteiger partial charge in [-0.2, -0.15) is 0 Å². The topological polar surface area (TPSA) is 63.7 Å². The number of nitrogens with zero attached hydrogens (tertiary/aromatic N) is 1. The molecule has 0 spiro atoms. The van der Waals surface area contributed by atoms with Crippen molar-refractivity contribution >= 4 is 23.5 Å². The first-order valence-corrected chi connectivity index (χ1v) is 11.9. The molecule has 7 rings (SSSR count). The number of rotatable bonds is 5. The Morgan fingerprint density at radius 3 is 1.82 bits per heavy atom. The smallest absolute Gasteiger partial charge is 0.338 e. The number of unbranched alkanes of at least 4 members (excludes halogenated alkanes) is 1. The summed E-state index contributed by atoms with van der Waals surface area (Å²) in [5.41, 5.74) is 5.35. The van der Waals surface area contributed by atoms with Crippen LogP contribution in [-0.4, -0.2) is 24.4 Å². The van der Waals surface area contributed by atoms with Crippen LogP contribution in [-0.2, 0) is 14.3 Å². The van der Waals surface area contributed by atoms with Gasteiger partial charge in [0.15, 0.2) is 0 Å². The van der Waals surface area contributed by atoms with E-state index >= 15 is 0 Å². The third kappa shape index (κ3) is 2.89. The largest absolute Gasteiger partial charge is 0.462 e. The van der Waals surface area contributed by atoms with Crippen molar-refractivity contribution in [3.63, 3.8) is 0 Å². The van der Waals surface area contributed by atoms with Gasteiger partial charge >= 0.3 is 5.97 Å². The Morgan fingerprint density at radius 1 is 0.794 bits per heavy atom. The molecule has 0 aromatic heterocycles. The standard InChI is InChI=1S/C29H25NO4/c1-2-3-15-34-29(33)17-9-8-10-18(16-17)30-27(31)25-23-19-11-4-5-12-20(19)24(26(25)28(30)32)22-14-7-6-13-21(22)23/h4-14,16,23-26H,2-3,15H2,1H3/t23?,24?,25-,26-/m0/s1. The number of imide groups is 1. The molecule has 3 aromatic carbocycles. The first kappa shape index (κ1) is 20.8. The molecule has 0 radical (unpaired) electrons. The van der Waals surface area contributed by atoms with Crippen molar-refractivity contribution in [1.82, 2.24) is 0 Å². The Morgan fingerprint density at radius 2 is 1.32 bits per heavy atom. The first-order chi connectivity index (χ1) is 16.6. The number of hydrogen-bond acceptors (Lipinski definition) is 4. The third-order valence-corrected chi connectivity index (χ3v) is 7.52. The van der Waals surface area contributed by atoms with Crippen molar-refractivity contribution in [2.24, 2.45) is 11.8 Å². The Balaban J connectivity index is 1.40. The van der Waals surface area contributed by atoms with Gasteiger partial charge in [0.1, 0.15) is 0 Å². The molecule has 4 aliphatic rings. The van der Waals surface area contributed by atoms with Gasteiger partial charge < -0.3 is 4.74 Å². The SMILES string of the molecule is CCCCOC(=O)c1cccc(N2C(=O)[C@H]3C4c5ccccc5C(c5ccccc54)[C@@H]3C2=O)c1. The van der Waals surface area contributed by atoms with E-state index in [0.29, 0.717) is 17.9 Å². The van der Waals surface area contributed by atoms with Crippen LogP contribution in [0.2, 0.25) is 0 Å². The van der Waals surface area contributed by atoms with E-state index in [4.69, 9.17) is 4.74 Å². The molecule has 170 valence electrons. The Kier molecular flexibility index (Phi) is 4.87. The molecule has 1 fully saturated rings. The van der Waals surface area contributed by atoms with Crippen LogP contribution in [0, 0.1) is 11.8 Å². The first-order valence-electron chi connectivity index (χ1n) is 11.9. The zero-order valence-electron chi connectivity index (χ0n) is 18.9. The minimum absolute atomic E-state index is 0.147. The molecular weight excluding hydrogens is 426 g/mol. The molecule has 1 heterocycles. The van der Waals surface area contributed by atoms with E-state index in [2.05, 4.69) is 24.3 Å². The quantitative estimate of drug-likeness (QED) is 0.310. The van der Waals surface area contributed by atoms with Gasteiger partial charge in [-0.15, -0.1) is 0 Å². The number of carbonyl (C=O) groups is 3. The van der Waals surface area contributed by atoms with Crippen LogP contribution in [0.1, 0.15) is 64.2 Å². The highest BCUT2D eigenvalue weighted by Gasteiger charge is 2.61. The molecule has 3 aliphatic carbocycles. The number of anilines is 1. The van der Waals surface area contributed by atoms with Gasteiger partial charge in [0.05, 0.1) is 29.7 Å². The van der Waals surface area contributed by atoms with Crippen LogP contribution < -0.4 is 4.90 Å². The van der Waals surface area contributed by atoms with E-state index in [9.17, 15) is 14.4 Å². The third-order valence-electron chi connectivity index (χ3n) is 7.52. The van der Waals surface area contributed by atoms with Crippen LogP contribution in [0.25, 0.3) is 0 Å². The lowest BCUT2D eigenvalue weighted by Gasteiger charge is -2.45. The van der Waals surface area contributed by atoms with Gasteiger partial charge in [-0.3, -0.25) is 9.59 Å². The van der Waals surface area contributed by atoms with Gasteiger partial charge in [0.2, 0.25) is 11.8 Å². The highest BCUT2D eigenvalue weighted by Crippen LogP contribution is 2.61. The molecule has 1 saturated heterocycles. The number of ether oxygens (including phenoxy) is 1. The van der Waals surface area contributed by atoms with Gasteiger partial charge in [-0.05, 0) is 46.9 Å². The second kappa shape index (κ2) is 7.94. The van der Waals surface area contributed by atoms with Crippen LogP contribution in [0.3, 0.4) is 0 Å². The summed E-state index contributed by atoms with van der Waals surface area (Å²) in [5, 5.41) is 0. The minimum Gasteiger partial charge on any atom is -0.462 e. The molecular formula is C29H25NO4. The second-order valence-electron chi connectivity index (χ2n) is 9.32. The molecule has 5 heteroatoms. The van der Waals surface area contributed by atoms with Gasteiger partial charge in [-0.1, -0.05) is 67.9 Å². The number of esters is 1. The molecule has 2 bridgehead atoms. The lowest BCUT2D eigenvalue weighted by molar-refractivity contribution is -0.122. The average molecular weight is 452 g/mol. The summed E-state index contributed by atoms with van der Waals surface area (Å²) in [5.74, 6) is -2.00. The van der Waals surface area contributed by atoms with Crippen molar-refractivity contribution in [2.45, 2.75) is 31.6 Å². The highest BCUT2D eigenvalue weighted by atomic mass is 16.5. The summed E-state index contributed by atoms with van der Waals surface area (Å²) in [6.45, 7) is 2.38. The molecule has 34 heavy (non-hydrogen) atoms. The minimum atomic E-state index is -0.442. The van der Waals surface area contributed by atoms with Crippen molar-refractivity contribution < 1.29 is 19.1 Å². The maximum absolute atomic E-state index is 13.8. The van der Waals surface area contributed by atoms with Crippen LogP contribution >= 0.6 is 0 Å². The summed E-state index contributed by atoms with van der Waals surface area (Å²) in [4.78, 5) is 41.5. The van der Waals surface area contributed by atoms with E-state index in [1.165, 1.54) is 4.90 Å². The van der Waals surface area contributed by atoms with Crippen molar-refractivity contribution in [1.29, 1.82) is 0 Å². The molecule has 2 amide bonds. The molecule has 0 unspecified atom stereocenters. The Labute approximate surface area is 198 Å². The predicted octanol–water partition coefficient (Wildman–Crippen LogP) is 5.04. The maximum Gasteiger partial charge on any atom is 0.338 e. The normalized spacial score (nSPS) is 24.0. The van der Waals surface area contributed by atoms with Crippen LogP contribution in [0.5, 0.6) is 0 Å². The molecule has 1 aliphatic heterocycles. The fraction of sp³-hybridized carbons (Fsp3) is 0.276. The lowest BCUT2D eigenvalue weighted by atomic mass is 9.55. The fourth-order valence-corrected chi connectivity index (χ4v) is 6.10. The number of carbonyl (C=O) groups excluding carboxylic acids is 3. The number of amides is 2. The summed E-state index contributed by atoms with van der Waals surface area (Å²) >= 11 is 0. The summed E-state index contributed by atoms with van der Waals surface area (Å²) in [6, 6.07) is 23.1. The van der Waals surface area contributed by atoms with Crippen LogP contribution in [0.15, 0.2) is 72.8 Å². The summed E-state index contributed by atoms with van der Waals surface area (Å²) in [6.07, 6.45) is 1.72. The molecule has 2 atom stereocenters. The number of benzene rings is 3. The van der Waals surface area contributed by atoms with Gasteiger partial charge in [0, 0.05) is 11.8 Å². The molecule has 0 N–H and O–H groups in total. The monoisotopic (exact) mass is 451 g/mol. The molecule has 5 nitrogen and oxygen atoms in total. The second-order valence-corrected chi connectivity index (χ2v) is 9.32. The zero-order valence-corrected chi connectivity index (χ0v) is 18.9. The van der Waals surface area contributed by atoms with E-state index in [0.717, 1.165) is 35.1 Å². The summed E-state index contributed by atoms with van der Waals surface area (Å²) in [7, 11) is 0. The van der Waals surface area contributed by atoms with E-state index < -0.39 is 17.8 Å². The van der Waals surface area contributed by atoms with Gasteiger partial charge in [0.25, 0.3) is 0 Å². The van der Waals surface area contributed by atoms with Crippen molar-refractivity contribution in [2.75, 3.05) is 11.5 Å². The zero-order chi connectivity index (χ0) is 23.4. The lowest BCUT2D eigenvalue weighted by Crippen LogP contribution is -2.41. The molecule has 3 aromatic rings. The van der Waals surface area contributed by atoms with Crippen LogP contribution in [0.4, 0.5) is 5.69 Å². The van der Waals surface area contributed by atoms with E-state index in [1.807, 2.05) is 31.2 Å². The maximum atomic E-state index is 13.8.